The van der Waals surface area contributed by atoms with Gasteiger partial charge < -0.3 is 10.1 Å². The van der Waals surface area contributed by atoms with Crippen LogP contribution in [0.5, 0.6) is 5.75 Å². The molecule has 1 N–H and O–H groups in total. The van der Waals surface area contributed by atoms with Crippen LogP contribution in [0, 0.1) is 6.92 Å². The lowest BCUT2D eigenvalue weighted by Gasteiger charge is -2.18. The third-order valence-corrected chi connectivity index (χ3v) is 3.85. The monoisotopic (exact) mass is 334 g/mol. The first kappa shape index (κ1) is 16.4. The number of hydrogen-bond donors (Lipinski definition) is 1. The summed E-state index contributed by atoms with van der Waals surface area (Å²) in [6, 6.07) is 5.45. The van der Waals surface area contributed by atoms with E-state index in [0.717, 1.165) is 47.6 Å². The molecule has 0 unspecified atom stereocenters. The number of nitrogens with zero attached hydrogens (tertiary/aromatic N) is 1. The van der Waals surface area contributed by atoms with Crippen molar-refractivity contribution in [1.82, 2.24) is 4.98 Å². The number of fused-ring (bicyclic) bond motifs is 1. The molecule has 0 fully saturated rings. The van der Waals surface area contributed by atoms with E-state index in [1.54, 1.807) is 6.07 Å². The predicted molar refractivity (Wildman–Crippen MR) is 87.6 cm³/mol. The Morgan fingerprint density at radius 2 is 1.96 bits per heavy atom. The van der Waals surface area contributed by atoms with Gasteiger partial charge in [0.2, 0.25) is 0 Å². The number of aryl methyl sites for hydroxylation is 2. The van der Waals surface area contributed by atoms with Crippen LogP contribution in [0.2, 0.25) is 0 Å². The second kappa shape index (κ2) is 6.19. The smallest absolute Gasteiger partial charge is 0.416 e. The molecule has 0 bridgehead atoms. The molecular weight excluding hydrogens is 317 g/mol. The maximum Gasteiger partial charge on any atom is 0.416 e. The minimum Gasteiger partial charge on any atom is -0.497 e. The summed E-state index contributed by atoms with van der Waals surface area (Å²) in [5, 5.41) is 3.09. The first-order valence-electron chi connectivity index (χ1n) is 7.57. The molecule has 1 heterocycles. The highest BCUT2D eigenvalue weighted by molar-refractivity contribution is 5.75. The molecule has 6 heteroatoms. The lowest BCUT2D eigenvalue weighted by atomic mass is 10.0. The summed E-state index contributed by atoms with van der Waals surface area (Å²) in [4.78, 5) is 4.51. The lowest BCUT2D eigenvalue weighted by Crippen LogP contribution is -2.07. The molecular formula is C18H17F3N2O. The van der Waals surface area contributed by atoms with Crippen molar-refractivity contribution in [3.8, 4) is 5.75 Å². The van der Waals surface area contributed by atoms with Gasteiger partial charge in [-0.1, -0.05) is 12.2 Å². The fraction of sp³-hybridized carbons (Fsp3) is 0.278. The number of pyridine rings is 1. The average Bonchev–Trinajstić information content (AvgIpc) is 2.53. The van der Waals surface area contributed by atoms with E-state index in [2.05, 4.69) is 10.3 Å². The van der Waals surface area contributed by atoms with Crippen molar-refractivity contribution in [2.24, 2.45) is 0 Å². The van der Waals surface area contributed by atoms with Gasteiger partial charge in [0, 0.05) is 28.7 Å². The number of ether oxygens (including phenoxy) is 1. The average molecular weight is 334 g/mol. The number of aromatic nitrogens is 1. The second-order valence-corrected chi connectivity index (χ2v) is 5.69. The minimum absolute atomic E-state index is 0.155. The Labute approximate surface area is 138 Å². The van der Waals surface area contributed by atoms with Gasteiger partial charge in [-0.15, -0.1) is 0 Å². The van der Waals surface area contributed by atoms with Crippen LogP contribution in [0.25, 0.3) is 6.08 Å². The maximum absolute atomic E-state index is 13.1. The van der Waals surface area contributed by atoms with Crippen LogP contribution in [0.1, 0.15) is 28.9 Å². The van der Waals surface area contributed by atoms with Gasteiger partial charge in [0.05, 0.1) is 18.4 Å². The Morgan fingerprint density at radius 3 is 2.67 bits per heavy atom. The number of rotatable bonds is 3. The Morgan fingerprint density at radius 1 is 1.17 bits per heavy atom. The topological polar surface area (TPSA) is 34.1 Å². The molecule has 0 saturated carbocycles. The molecule has 0 spiro atoms. The predicted octanol–water partition coefficient (Wildman–Crippen LogP) is 5.12. The highest BCUT2D eigenvalue weighted by Crippen LogP contribution is 2.36. The van der Waals surface area contributed by atoms with E-state index in [4.69, 9.17) is 4.74 Å². The molecule has 1 aliphatic rings. The third-order valence-electron chi connectivity index (χ3n) is 3.85. The van der Waals surface area contributed by atoms with Gasteiger partial charge in [-0.05, 0) is 38.0 Å². The molecule has 1 aromatic heterocycles. The highest BCUT2D eigenvalue weighted by Gasteiger charge is 2.31. The normalized spacial score (nSPS) is 13.5. The van der Waals surface area contributed by atoms with Gasteiger partial charge in [0.25, 0.3) is 0 Å². The van der Waals surface area contributed by atoms with E-state index < -0.39 is 11.7 Å². The second-order valence-electron chi connectivity index (χ2n) is 5.69. The molecule has 0 radical (unpaired) electrons. The molecule has 3 nitrogen and oxygen atoms in total. The number of allylic oxidation sites excluding steroid dienone is 1. The third kappa shape index (κ3) is 3.37. The Kier molecular flexibility index (Phi) is 4.22. The highest BCUT2D eigenvalue weighted by atomic mass is 19.4. The molecule has 3 rings (SSSR count). The van der Waals surface area contributed by atoms with Crippen LogP contribution in [-0.4, -0.2) is 12.1 Å². The quantitative estimate of drug-likeness (QED) is 0.846. The van der Waals surface area contributed by atoms with E-state index >= 15 is 0 Å². The van der Waals surface area contributed by atoms with Crippen molar-refractivity contribution in [3.63, 3.8) is 0 Å². The number of anilines is 2. The van der Waals surface area contributed by atoms with Gasteiger partial charge in [-0.2, -0.15) is 13.2 Å². The van der Waals surface area contributed by atoms with Crippen LogP contribution in [0.15, 0.2) is 30.3 Å². The fourth-order valence-corrected chi connectivity index (χ4v) is 2.76. The van der Waals surface area contributed by atoms with Crippen molar-refractivity contribution < 1.29 is 17.9 Å². The van der Waals surface area contributed by atoms with Crippen LogP contribution in [0.3, 0.4) is 0 Å². The van der Waals surface area contributed by atoms with Gasteiger partial charge in [0.1, 0.15) is 5.75 Å². The molecule has 126 valence electrons. The zero-order chi connectivity index (χ0) is 17.3. The zero-order valence-corrected chi connectivity index (χ0v) is 13.4. The van der Waals surface area contributed by atoms with E-state index in [0.29, 0.717) is 5.69 Å². The van der Waals surface area contributed by atoms with Crippen LogP contribution >= 0.6 is 0 Å². The molecule has 1 aliphatic carbocycles. The molecule has 0 aliphatic heterocycles. The number of benzene rings is 1. The summed E-state index contributed by atoms with van der Waals surface area (Å²) in [5.41, 5.74) is 3.02. The van der Waals surface area contributed by atoms with E-state index in [1.807, 2.05) is 25.1 Å². The number of methoxy groups -OCH3 is 1. The summed E-state index contributed by atoms with van der Waals surface area (Å²) in [5.74, 6) is 0.155. The molecule has 0 atom stereocenters. The molecule has 0 saturated heterocycles. The summed E-state index contributed by atoms with van der Waals surface area (Å²) >= 11 is 0. The zero-order valence-electron chi connectivity index (χ0n) is 13.4. The van der Waals surface area contributed by atoms with E-state index in [-0.39, 0.29) is 5.75 Å². The molecule has 24 heavy (non-hydrogen) atoms. The van der Waals surface area contributed by atoms with Crippen molar-refractivity contribution in [1.29, 1.82) is 0 Å². The SMILES string of the molecule is COc1cc(Nc2cc(C)nc3c2C=CCC3)cc(C(F)(F)F)c1. The first-order valence-corrected chi connectivity index (χ1v) is 7.57. The standard InChI is InChI=1S/C18H17F3N2O/c1-11-7-17(15-5-3-4-6-16(15)22-11)23-13-8-12(18(19,20)21)9-14(10-13)24-2/h3,5,7-10H,4,6H2,1-2H3,(H,22,23). The van der Waals surface area contributed by atoms with E-state index in [1.165, 1.54) is 7.11 Å². The number of halogens is 3. The summed E-state index contributed by atoms with van der Waals surface area (Å²) in [7, 11) is 1.35. The Bertz CT molecular complexity index is 798. The van der Waals surface area contributed by atoms with Gasteiger partial charge in [-0.3, -0.25) is 4.98 Å². The van der Waals surface area contributed by atoms with E-state index in [9.17, 15) is 13.2 Å². The Balaban J connectivity index is 2.03. The van der Waals surface area contributed by atoms with Crippen molar-refractivity contribution >= 4 is 17.5 Å². The van der Waals surface area contributed by atoms with Crippen LogP contribution < -0.4 is 10.1 Å². The van der Waals surface area contributed by atoms with Crippen molar-refractivity contribution in [2.75, 3.05) is 12.4 Å². The van der Waals surface area contributed by atoms with Gasteiger partial charge in [0.15, 0.2) is 0 Å². The number of hydrogen-bond acceptors (Lipinski definition) is 3. The molecule has 1 aromatic carbocycles. The van der Waals surface area contributed by atoms with Crippen LogP contribution in [0.4, 0.5) is 24.5 Å². The van der Waals surface area contributed by atoms with Crippen LogP contribution in [-0.2, 0) is 12.6 Å². The lowest BCUT2D eigenvalue weighted by molar-refractivity contribution is -0.137. The fourth-order valence-electron chi connectivity index (χ4n) is 2.76. The summed E-state index contributed by atoms with van der Waals surface area (Å²) in [6.45, 7) is 1.87. The maximum atomic E-state index is 13.1. The summed E-state index contributed by atoms with van der Waals surface area (Å²) < 4.78 is 44.2. The minimum atomic E-state index is -4.43. The number of nitrogens with one attached hydrogen (secondary N) is 1. The largest absolute Gasteiger partial charge is 0.497 e. The Hall–Kier alpha value is -2.50. The van der Waals surface area contributed by atoms with Crippen molar-refractivity contribution in [3.05, 3.63) is 52.9 Å². The first-order chi connectivity index (χ1) is 11.4. The molecule has 0 amide bonds. The molecule has 2 aromatic rings. The van der Waals surface area contributed by atoms with Crippen molar-refractivity contribution in [2.45, 2.75) is 25.9 Å². The summed E-state index contributed by atoms with van der Waals surface area (Å²) in [6.07, 6.45) is 1.31. The van der Waals surface area contributed by atoms with Gasteiger partial charge in [-0.25, -0.2) is 0 Å². The van der Waals surface area contributed by atoms with Gasteiger partial charge >= 0.3 is 6.18 Å². The number of alkyl halides is 3.